The lowest BCUT2D eigenvalue weighted by molar-refractivity contribution is -0.116. The number of thioether (sulfide) groups is 1. The highest BCUT2D eigenvalue weighted by molar-refractivity contribution is 8.05. The fraction of sp³-hybridized carbons (Fsp3) is 0.350. The van der Waals surface area contributed by atoms with Crippen molar-refractivity contribution in [2.24, 2.45) is 5.73 Å². The second-order valence-corrected chi connectivity index (χ2v) is 9.13. The summed E-state index contributed by atoms with van der Waals surface area (Å²) in [5.74, 6) is -0.346. The number of carbonyl (C=O) groups excluding carboxylic acids is 2. The number of hydrogen-bond acceptors (Lipinski definition) is 6. The van der Waals surface area contributed by atoms with Crippen LogP contribution in [0.25, 0.3) is 11.3 Å². The molecule has 3 heterocycles. The zero-order chi connectivity index (χ0) is 20.0. The van der Waals surface area contributed by atoms with Crippen LogP contribution in [-0.2, 0) is 16.0 Å². The van der Waals surface area contributed by atoms with Gasteiger partial charge in [-0.05, 0) is 32.3 Å². The summed E-state index contributed by atoms with van der Waals surface area (Å²) in [4.78, 5) is 33.2. The van der Waals surface area contributed by atoms with Crippen LogP contribution in [0.4, 0.5) is 10.8 Å². The van der Waals surface area contributed by atoms with Gasteiger partial charge < -0.3 is 15.5 Å². The number of nitrogens with zero attached hydrogens (tertiary/aromatic N) is 3. The van der Waals surface area contributed by atoms with Crippen LogP contribution in [0.5, 0.6) is 0 Å². The van der Waals surface area contributed by atoms with Gasteiger partial charge in [0.15, 0.2) is 5.13 Å². The molecule has 2 aliphatic heterocycles. The summed E-state index contributed by atoms with van der Waals surface area (Å²) in [6.45, 7) is 6.29. The standard InChI is InChI=1S/C20H22N4O2S2/c1-11-18(19(21)26)28-13(3)24(11)20-22-16(10-27-20)15-8-4-6-14-7-5-9-23(12(2)25)17(14)15/h4,6,8,10,13H,5,7,9H2,1-3H3,(H2,21,26). The summed E-state index contributed by atoms with van der Waals surface area (Å²) in [5, 5.41) is 2.90. The molecule has 0 bridgehead atoms. The SMILES string of the molecule is CC(=O)N1CCCc2cccc(-c3csc(N4C(C)=C(C(N)=O)SC4C)n3)c21. The van der Waals surface area contributed by atoms with Gasteiger partial charge in [0.25, 0.3) is 5.91 Å². The Morgan fingerprint density at radius 3 is 2.79 bits per heavy atom. The monoisotopic (exact) mass is 414 g/mol. The summed E-state index contributed by atoms with van der Waals surface area (Å²) in [5.41, 5.74) is 10.3. The van der Waals surface area contributed by atoms with E-state index in [1.165, 1.54) is 28.7 Å². The van der Waals surface area contributed by atoms with E-state index in [4.69, 9.17) is 10.7 Å². The first-order chi connectivity index (χ1) is 13.4. The van der Waals surface area contributed by atoms with E-state index in [2.05, 4.69) is 11.0 Å². The average Bonchev–Trinajstić information content (AvgIpc) is 3.24. The molecule has 2 amide bonds. The van der Waals surface area contributed by atoms with Crippen molar-refractivity contribution in [1.82, 2.24) is 4.98 Å². The number of aromatic nitrogens is 1. The third kappa shape index (κ3) is 3.10. The number of primary amides is 1. The Labute approximate surface area is 172 Å². The van der Waals surface area contributed by atoms with Gasteiger partial charge in [0.05, 0.1) is 21.7 Å². The minimum Gasteiger partial charge on any atom is -0.365 e. The molecule has 0 fully saturated rings. The molecule has 2 aromatic rings. The van der Waals surface area contributed by atoms with Crippen LogP contribution in [0, 0.1) is 0 Å². The molecule has 2 aliphatic rings. The van der Waals surface area contributed by atoms with Crippen molar-refractivity contribution in [3.05, 3.63) is 39.7 Å². The zero-order valence-electron chi connectivity index (χ0n) is 16.1. The number of allylic oxidation sites excluding steroid dienone is 1. The van der Waals surface area contributed by atoms with Gasteiger partial charge in [-0.3, -0.25) is 9.59 Å². The summed E-state index contributed by atoms with van der Waals surface area (Å²) >= 11 is 3.00. The lowest BCUT2D eigenvalue weighted by atomic mass is 9.96. The fourth-order valence-corrected chi connectivity index (χ4v) is 6.01. The molecule has 1 aromatic heterocycles. The van der Waals surface area contributed by atoms with Crippen LogP contribution >= 0.6 is 23.1 Å². The van der Waals surface area contributed by atoms with Crippen LogP contribution in [0.1, 0.15) is 32.8 Å². The fourth-order valence-electron chi connectivity index (χ4n) is 3.90. The first-order valence-electron chi connectivity index (χ1n) is 9.21. The van der Waals surface area contributed by atoms with Crippen molar-refractivity contribution in [1.29, 1.82) is 0 Å². The Morgan fingerprint density at radius 2 is 2.11 bits per heavy atom. The summed E-state index contributed by atoms with van der Waals surface area (Å²) < 4.78 is 0. The molecule has 0 saturated carbocycles. The number of nitrogens with two attached hydrogens (primary N) is 1. The van der Waals surface area contributed by atoms with Crippen molar-refractivity contribution >= 4 is 45.7 Å². The largest absolute Gasteiger partial charge is 0.365 e. The molecular formula is C20H22N4O2S2. The van der Waals surface area contributed by atoms with Crippen LogP contribution in [0.15, 0.2) is 34.2 Å². The van der Waals surface area contributed by atoms with Crippen molar-refractivity contribution in [3.8, 4) is 11.3 Å². The summed E-state index contributed by atoms with van der Waals surface area (Å²) in [6, 6.07) is 6.15. The van der Waals surface area contributed by atoms with Gasteiger partial charge >= 0.3 is 0 Å². The van der Waals surface area contributed by atoms with Gasteiger partial charge in [-0.15, -0.1) is 11.3 Å². The molecular weight excluding hydrogens is 392 g/mol. The molecule has 0 radical (unpaired) electrons. The van der Waals surface area contributed by atoms with E-state index >= 15 is 0 Å². The molecule has 1 unspecified atom stereocenters. The van der Waals surface area contributed by atoms with Crippen molar-refractivity contribution < 1.29 is 9.59 Å². The second-order valence-electron chi connectivity index (χ2n) is 6.97. The first-order valence-corrected chi connectivity index (χ1v) is 11.0. The maximum atomic E-state index is 12.2. The molecule has 146 valence electrons. The number of thiazole rings is 1. The molecule has 2 N–H and O–H groups in total. The number of para-hydroxylation sites is 1. The van der Waals surface area contributed by atoms with Crippen LogP contribution in [-0.4, -0.2) is 28.7 Å². The van der Waals surface area contributed by atoms with Gasteiger partial charge in [0, 0.05) is 30.1 Å². The third-order valence-corrected chi connectivity index (χ3v) is 7.26. The minimum atomic E-state index is -0.400. The number of rotatable bonds is 3. The molecule has 6 nitrogen and oxygen atoms in total. The molecule has 1 atom stereocenters. The van der Waals surface area contributed by atoms with Gasteiger partial charge in [-0.25, -0.2) is 4.98 Å². The number of carbonyl (C=O) groups is 2. The van der Waals surface area contributed by atoms with Crippen molar-refractivity contribution in [2.75, 3.05) is 16.3 Å². The molecule has 28 heavy (non-hydrogen) atoms. The van der Waals surface area contributed by atoms with Crippen LogP contribution in [0.2, 0.25) is 0 Å². The van der Waals surface area contributed by atoms with E-state index in [1.54, 1.807) is 6.92 Å². The number of hydrogen-bond donors (Lipinski definition) is 1. The lowest BCUT2D eigenvalue weighted by Crippen LogP contribution is -2.34. The number of benzene rings is 1. The van der Waals surface area contributed by atoms with Crippen molar-refractivity contribution in [2.45, 2.75) is 39.0 Å². The Bertz CT molecular complexity index is 998. The number of anilines is 2. The van der Waals surface area contributed by atoms with E-state index in [-0.39, 0.29) is 11.3 Å². The summed E-state index contributed by atoms with van der Waals surface area (Å²) in [6.07, 6.45) is 1.94. The van der Waals surface area contributed by atoms with Crippen LogP contribution < -0.4 is 15.5 Å². The highest BCUT2D eigenvalue weighted by Crippen LogP contribution is 2.44. The van der Waals surface area contributed by atoms with E-state index in [1.807, 2.05) is 36.3 Å². The van der Waals surface area contributed by atoms with Crippen LogP contribution in [0.3, 0.4) is 0 Å². The van der Waals surface area contributed by atoms with Gasteiger partial charge in [-0.1, -0.05) is 30.0 Å². The molecule has 1 aromatic carbocycles. The predicted molar refractivity (Wildman–Crippen MR) is 115 cm³/mol. The highest BCUT2D eigenvalue weighted by atomic mass is 32.2. The van der Waals surface area contributed by atoms with Crippen molar-refractivity contribution in [3.63, 3.8) is 0 Å². The lowest BCUT2D eigenvalue weighted by Gasteiger charge is -2.30. The van der Waals surface area contributed by atoms with Gasteiger partial charge in [-0.2, -0.15) is 0 Å². The molecule has 8 heteroatoms. The highest BCUT2D eigenvalue weighted by Gasteiger charge is 2.33. The predicted octanol–water partition coefficient (Wildman–Crippen LogP) is 3.73. The second kappa shape index (κ2) is 7.25. The molecule has 4 rings (SSSR count). The zero-order valence-corrected chi connectivity index (χ0v) is 17.7. The normalized spacial score (nSPS) is 19.2. The quantitative estimate of drug-likeness (QED) is 0.828. The van der Waals surface area contributed by atoms with Gasteiger partial charge in [0.2, 0.25) is 5.91 Å². The topological polar surface area (TPSA) is 79.5 Å². The third-order valence-electron chi connectivity index (χ3n) is 5.14. The summed E-state index contributed by atoms with van der Waals surface area (Å²) in [7, 11) is 0. The number of aryl methyl sites for hydroxylation is 1. The van der Waals surface area contributed by atoms with E-state index in [0.29, 0.717) is 4.91 Å². The Hall–Kier alpha value is -2.32. The van der Waals surface area contributed by atoms with E-state index in [9.17, 15) is 9.59 Å². The number of amides is 2. The molecule has 0 aliphatic carbocycles. The Balaban J connectivity index is 1.76. The number of fused-ring (bicyclic) bond motifs is 1. The Morgan fingerprint density at radius 1 is 1.32 bits per heavy atom. The van der Waals surface area contributed by atoms with E-state index in [0.717, 1.165) is 47.2 Å². The van der Waals surface area contributed by atoms with E-state index < -0.39 is 5.91 Å². The molecule has 0 spiro atoms. The van der Waals surface area contributed by atoms with Gasteiger partial charge in [0.1, 0.15) is 0 Å². The Kier molecular flexibility index (Phi) is 4.93. The minimum absolute atomic E-state index is 0.0540. The average molecular weight is 415 g/mol. The maximum Gasteiger partial charge on any atom is 0.256 e. The maximum absolute atomic E-state index is 12.2. The first kappa shape index (κ1) is 19.0. The molecule has 0 saturated heterocycles. The smallest absolute Gasteiger partial charge is 0.256 e.